The van der Waals surface area contributed by atoms with Crippen LogP contribution in [0.25, 0.3) is 0 Å². The van der Waals surface area contributed by atoms with E-state index >= 15 is 0 Å². The molecule has 1 aromatic rings. The summed E-state index contributed by atoms with van der Waals surface area (Å²) >= 11 is 0. The summed E-state index contributed by atoms with van der Waals surface area (Å²) in [6, 6.07) is -0.379. The molecule has 0 saturated carbocycles. The highest BCUT2D eigenvalue weighted by Crippen LogP contribution is 2.22. The van der Waals surface area contributed by atoms with Crippen molar-refractivity contribution in [3.63, 3.8) is 0 Å². The van der Waals surface area contributed by atoms with E-state index in [0.29, 0.717) is 17.9 Å². The van der Waals surface area contributed by atoms with E-state index in [-0.39, 0.29) is 30.2 Å². The molecule has 6 heteroatoms. The minimum absolute atomic E-state index is 0.0591. The average molecular weight is 296 g/mol. The third-order valence-electron chi connectivity index (χ3n) is 3.16. The maximum absolute atomic E-state index is 12.1. The number of aliphatic carboxylic acids is 1. The van der Waals surface area contributed by atoms with Crippen molar-refractivity contribution >= 4 is 11.9 Å². The van der Waals surface area contributed by atoms with Crippen molar-refractivity contribution in [2.24, 2.45) is 5.41 Å². The van der Waals surface area contributed by atoms with Crippen LogP contribution in [-0.4, -0.2) is 28.2 Å². The molecule has 1 amide bonds. The van der Waals surface area contributed by atoms with Crippen LogP contribution >= 0.6 is 0 Å². The molecule has 0 radical (unpaired) electrons. The third-order valence-corrected chi connectivity index (χ3v) is 3.16. The number of amides is 1. The summed E-state index contributed by atoms with van der Waals surface area (Å²) in [4.78, 5) is 23.0. The standard InChI is InChI=1S/C15H24N2O4/c1-9-12(10(2)21-17-9)7-13(18)16-11(6-14(19)20)8-15(3,4)5/h11H,6-8H2,1-5H3,(H,16,18)(H,19,20). The summed E-state index contributed by atoms with van der Waals surface area (Å²) in [5.74, 6) is -0.505. The molecule has 0 saturated heterocycles. The van der Waals surface area contributed by atoms with Crippen molar-refractivity contribution in [1.82, 2.24) is 10.5 Å². The third kappa shape index (κ3) is 5.97. The second-order valence-electron chi connectivity index (χ2n) is 6.61. The molecule has 0 spiro atoms. The van der Waals surface area contributed by atoms with Gasteiger partial charge in [-0.25, -0.2) is 0 Å². The highest BCUT2D eigenvalue weighted by atomic mass is 16.5. The summed E-state index contributed by atoms with van der Waals surface area (Å²) in [5.41, 5.74) is 1.39. The lowest BCUT2D eigenvalue weighted by Gasteiger charge is -2.25. The van der Waals surface area contributed by atoms with Gasteiger partial charge in [0.25, 0.3) is 0 Å². The number of carbonyl (C=O) groups excluding carboxylic acids is 1. The largest absolute Gasteiger partial charge is 0.481 e. The average Bonchev–Trinajstić information content (AvgIpc) is 2.57. The Morgan fingerprint density at radius 3 is 2.38 bits per heavy atom. The molecule has 6 nitrogen and oxygen atoms in total. The van der Waals surface area contributed by atoms with E-state index in [9.17, 15) is 9.59 Å². The summed E-state index contributed by atoms with van der Waals surface area (Å²) in [7, 11) is 0. The molecule has 21 heavy (non-hydrogen) atoms. The quantitative estimate of drug-likeness (QED) is 0.839. The fourth-order valence-corrected chi connectivity index (χ4v) is 2.32. The van der Waals surface area contributed by atoms with Crippen LogP contribution in [-0.2, 0) is 16.0 Å². The summed E-state index contributed by atoms with van der Waals surface area (Å²) in [6.45, 7) is 9.59. The minimum Gasteiger partial charge on any atom is -0.481 e. The van der Waals surface area contributed by atoms with Gasteiger partial charge in [-0.2, -0.15) is 0 Å². The van der Waals surface area contributed by atoms with Gasteiger partial charge >= 0.3 is 5.97 Å². The Balaban J connectivity index is 2.69. The number of nitrogens with zero attached hydrogens (tertiary/aromatic N) is 1. The number of nitrogens with one attached hydrogen (secondary N) is 1. The Kier molecular flexibility index (Phi) is 5.52. The van der Waals surface area contributed by atoms with E-state index < -0.39 is 5.97 Å². The Hall–Kier alpha value is -1.85. The second-order valence-corrected chi connectivity index (χ2v) is 6.61. The zero-order valence-electron chi connectivity index (χ0n) is 13.3. The van der Waals surface area contributed by atoms with Gasteiger partial charge in [0, 0.05) is 11.6 Å². The van der Waals surface area contributed by atoms with Gasteiger partial charge in [0.15, 0.2) is 0 Å². The second kappa shape index (κ2) is 6.74. The highest BCUT2D eigenvalue weighted by molar-refractivity contribution is 5.80. The highest BCUT2D eigenvalue weighted by Gasteiger charge is 2.23. The van der Waals surface area contributed by atoms with Gasteiger partial charge in [0.1, 0.15) is 5.76 Å². The van der Waals surface area contributed by atoms with Crippen molar-refractivity contribution < 1.29 is 19.2 Å². The predicted molar refractivity (Wildman–Crippen MR) is 77.9 cm³/mol. The number of rotatable bonds is 6. The fourth-order valence-electron chi connectivity index (χ4n) is 2.32. The van der Waals surface area contributed by atoms with Crippen LogP contribution < -0.4 is 5.32 Å². The van der Waals surface area contributed by atoms with Crippen molar-refractivity contribution in [1.29, 1.82) is 0 Å². The zero-order valence-corrected chi connectivity index (χ0v) is 13.3. The van der Waals surface area contributed by atoms with Crippen LogP contribution in [0.2, 0.25) is 0 Å². The zero-order chi connectivity index (χ0) is 16.2. The molecule has 118 valence electrons. The molecule has 0 aliphatic heterocycles. The molecule has 1 aromatic heterocycles. The molecule has 1 heterocycles. The number of carbonyl (C=O) groups is 2. The van der Waals surface area contributed by atoms with E-state index in [4.69, 9.17) is 9.63 Å². The lowest BCUT2D eigenvalue weighted by molar-refractivity contribution is -0.137. The maximum atomic E-state index is 12.1. The molecule has 1 unspecified atom stereocenters. The van der Waals surface area contributed by atoms with Gasteiger partial charge in [-0.3, -0.25) is 9.59 Å². The van der Waals surface area contributed by atoms with Crippen LogP contribution in [0.5, 0.6) is 0 Å². The number of hydrogen-bond donors (Lipinski definition) is 2. The van der Waals surface area contributed by atoms with Crippen LogP contribution in [0.3, 0.4) is 0 Å². The normalized spacial score (nSPS) is 13.0. The minimum atomic E-state index is -0.915. The monoisotopic (exact) mass is 296 g/mol. The molecule has 0 aromatic carbocycles. The summed E-state index contributed by atoms with van der Waals surface area (Å²) in [5, 5.41) is 15.6. The van der Waals surface area contributed by atoms with Gasteiger partial charge in [-0.1, -0.05) is 25.9 Å². The number of aryl methyl sites for hydroxylation is 2. The number of carboxylic acids is 1. The van der Waals surface area contributed by atoms with Crippen molar-refractivity contribution in [2.45, 2.75) is 59.9 Å². The van der Waals surface area contributed by atoms with Crippen LogP contribution in [0, 0.1) is 19.3 Å². The fraction of sp³-hybridized carbons (Fsp3) is 0.667. The number of carboxylic acid groups (broad SMARTS) is 1. The van der Waals surface area contributed by atoms with E-state index in [1.807, 2.05) is 20.8 Å². The predicted octanol–water partition coefficient (Wildman–Crippen LogP) is 2.23. The lowest BCUT2D eigenvalue weighted by Crippen LogP contribution is -2.39. The Morgan fingerprint density at radius 1 is 1.33 bits per heavy atom. The molecule has 0 aliphatic rings. The Morgan fingerprint density at radius 2 is 1.95 bits per heavy atom. The SMILES string of the molecule is Cc1noc(C)c1CC(=O)NC(CC(=O)O)CC(C)(C)C. The summed E-state index contributed by atoms with van der Waals surface area (Å²) < 4.78 is 5.02. The number of hydrogen-bond acceptors (Lipinski definition) is 4. The Bertz CT molecular complexity index is 495. The van der Waals surface area contributed by atoms with Gasteiger partial charge in [-0.05, 0) is 25.7 Å². The van der Waals surface area contributed by atoms with Crippen LogP contribution in [0.4, 0.5) is 0 Å². The van der Waals surface area contributed by atoms with Gasteiger partial charge in [-0.15, -0.1) is 0 Å². The smallest absolute Gasteiger partial charge is 0.305 e. The van der Waals surface area contributed by atoms with E-state index in [2.05, 4.69) is 10.5 Å². The van der Waals surface area contributed by atoms with Crippen LogP contribution in [0.1, 0.15) is 50.6 Å². The molecule has 2 N–H and O–H groups in total. The van der Waals surface area contributed by atoms with Crippen molar-refractivity contribution in [3.05, 3.63) is 17.0 Å². The lowest BCUT2D eigenvalue weighted by atomic mass is 9.87. The van der Waals surface area contributed by atoms with Gasteiger partial charge < -0.3 is 14.9 Å². The number of aromatic nitrogens is 1. The first kappa shape index (κ1) is 17.2. The van der Waals surface area contributed by atoms with Crippen molar-refractivity contribution in [3.8, 4) is 0 Å². The maximum Gasteiger partial charge on any atom is 0.305 e. The molecular formula is C15H24N2O4. The van der Waals surface area contributed by atoms with E-state index in [1.165, 1.54) is 0 Å². The topological polar surface area (TPSA) is 92.4 Å². The Labute approximate surface area is 124 Å². The molecule has 0 aliphatic carbocycles. The molecule has 1 atom stereocenters. The molecular weight excluding hydrogens is 272 g/mol. The van der Waals surface area contributed by atoms with Crippen LogP contribution in [0.15, 0.2) is 4.52 Å². The van der Waals surface area contributed by atoms with Crippen molar-refractivity contribution in [2.75, 3.05) is 0 Å². The van der Waals surface area contributed by atoms with Gasteiger partial charge in [0.2, 0.25) is 5.91 Å². The molecule has 0 fully saturated rings. The molecule has 1 rings (SSSR count). The molecule has 0 bridgehead atoms. The van der Waals surface area contributed by atoms with Gasteiger partial charge in [0.05, 0.1) is 18.5 Å². The van der Waals surface area contributed by atoms with E-state index in [0.717, 1.165) is 5.56 Å². The first-order valence-electron chi connectivity index (χ1n) is 7.01. The van der Waals surface area contributed by atoms with E-state index in [1.54, 1.807) is 13.8 Å². The summed E-state index contributed by atoms with van der Waals surface area (Å²) in [6.07, 6.45) is 0.679. The first-order chi connectivity index (χ1) is 9.58. The first-order valence-corrected chi connectivity index (χ1v) is 7.01.